The Balaban J connectivity index is 1.50. The van der Waals surface area contributed by atoms with Gasteiger partial charge < -0.3 is 9.15 Å². The minimum atomic E-state index is -0.595. The summed E-state index contributed by atoms with van der Waals surface area (Å²) >= 11 is 1.17. The molecule has 152 valence electrons. The highest BCUT2D eigenvalue weighted by atomic mass is 32.2. The highest BCUT2D eigenvalue weighted by molar-refractivity contribution is 8.16. The Bertz CT molecular complexity index is 1230. The predicted octanol–water partition coefficient (Wildman–Crippen LogP) is 5.33. The third-order valence-electron chi connectivity index (χ3n) is 5.03. The molecule has 1 aliphatic carbocycles. The van der Waals surface area contributed by atoms with Crippen LogP contribution in [0.2, 0.25) is 0 Å². The summed E-state index contributed by atoms with van der Waals surface area (Å²) in [5.74, 6) is -0.138. The van der Waals surface area contributed by atoms with Crippen molar-refractivity contribution in [3.8, 4) is 5.75 Å². The number of aryl methyl sites for hydroxylation is 2. The largest absolute Gasteiger partial charge is 0.427 e. The maximum atomic E-state index is 12.3. The second-order valence-electron chi connectivity index (χ2n) is 7.23. The smallest absolute Gasteiger partial charge is 0.346 e. The van der Waals surface area contributed by atoms with E-state index in [0.717, 1.165) is 18.4 Å². The van der Waals surface area contributed by atoms with Crippen molar-refractivity contribution in [2.24, 2.45) is 0 Å². The fourth-order valence-corrected chi connectivity index (χ4v) is 4.21. The highest BCUT2D eigenvalue weighted by Crippen LogP contribution is 2.25. The van der Waals surface area contributed by atoms with Crippen LogP contribution in [0, 0.1) is 5.41 Å². The van der Waals surface area contributed by atoms with Crippen molar-refractivity contribution < 1.29 is 13.9 Å². The molecule has 1 N–H and O–H groups in total. The van der Waals surface area contributed by atoms with Crippen molar-refractivity contribution in [2.45, 2.75) is 32.6 Å². The molecule has 0 unspecified atom stereocenters. The Kier molecular flexibility index (Phi) is 5.86. The molecule has 5 nitrogen and oxygen atoms in total. The van der Waals surface area contributed by atoms with Crippen molar-refractivity contribution in [1.82, 2.24) is 0 Å². The molecule has 4 rings (SSSR count). The van der Waals surface area contributed by atoms with Gasteiger partial charge in [-0.3, -0.25) is 10.2 Å². The number of fused-ring (bicyclic) bond motifs is 2. The number of carbonyl (C=O) groups is 1. The summed E-state index contributed by atoms with van der Waals surface area (Å²) in [5.41, 5.74) is 3.85. The minimum absolute atomic E-state index is 0.115. The molecular formula is C24H21NO4S. The van der Waals surface area contributed by atoms with Gasteiger partial charge in [-0.25, -0.2) is 4.79 Å². The van der Waals surface area contributed by atoms with Crippen LogP contribution < -0.4 is 10.4 Å². The molecule has 2 aromatic carbocycles. The molecule has 6 heteroatoms. The summed E-state index contributed by atoms with van der Waals surface area (Å²) in [6.45, 7) is 1.31. The third-order valence-corrected chi connectivity index (χ3v) is 5.76. The van der Waals surface area contributed by atoms with Crippen molar-refractivity contribution in [3.05, 3.63) is 80.5 Å². The molecule has 1 heterocycles. The first-order chi connectivity index (χ1) is 14.5. The molecule has 30 heavy (non-hydrogen) atoms. The number of hydrogen-bond acceptors (Lipinski definition) is 6. The first-order valence-electron chi connectivity index (χ1n) is 9.80. The summed E-state index contributed by atoms with van der Waals surface area (Å²) in [4.78, 5) is 23.4. The van der Waals surface area contributed by atoms with Crippen LogP contribution in [0.25, 0.3) is 17.0 Å². The van der Waals surface area contributed by atoms with Crippen molar-refractivity contribution in [2.75, 3.05) is 0 Å². The molecule has 0 spiro atoms. The standard InChI is InChI=1S/C24H21NO4S/c1-15(26)28-20-9-8-19-13-21(24(27)29-22(19)14-20)23(25)30-11-10-16-6-7-17-4-2-3-5-18(17)12-16/h6-14,25H,2-5H2,1H3/b11-10+,25-23?. The van der Waals surface area contributed by atoms with E-state index < -0.39 is 11.6 Å². The van der Waals surface area contributed by atoms with Gasteiger partial charge >= 0.3 is 11.6 Å². The number of thioether (sulfide) groups is 1. The van der Waals surface area contributed by atoms with E-state index >= 15 is 0 Å². The van der Waals surface area contributed by atoms with Crippen LogP contribution in [-0.2, 0) is 17.6 Å². The van der Waals surface area contributed by atoms with E-state index in [1.807, 2.05) is 11.5 Å². The zero-order valence-electron chi connectivity index (χ0n) is 16.6. The Morgan fingerprint density at radius 3 is 2.70 bits per heavy atom. The zero-order chi connectivity index (χ0) is 21.1. The topological polar surface area (TPSA) is 80.4 Å². The predicted molar refractivity (Wildman–Crippen MR) is 120 cm³/mol. The lowest BCUT2D eigenvalue weighted by molar-refractivity contribution is -0.131. The Morgan fingerprint density at radius 1 is 1.10 bits per heavy atom. The van der Waals surface area contributed by atoms with Gasteiger partial charge in [0.05, 0.1) is 5.56 Å². The van der Waals surface area contributed by atoms with Gasteiger partial charge in [-0.05, 0) is 72.1 Å². The van der Waals surface area contributed by atoms with E-state index in [1.165, 1.54) is 48.7 Å². The van der Waals surface area contributed by atoms with Crippen molar-refractivity contribution in [1.29, 1.82) is 5.41 Å². The van der Waals surface area contributed by atoms with E-state index in [9.17, 15) is 9.59 Å². The number of hydrogen-bond donors (Lipinski definition) is 1. The number of carbonyl (C=O) groups excluding carboxylic acids is 1. The van der Waals surface area contributed by atoms with Gasteiger partial charge in [-0.15, -0.1) is 0 Å². The lowest BCUT2D eigenvalue weighted by Crippen LogP contribution is -2.11. The Labute approximate surface area is 178 Å². The number of benzene rings is 2. The van der Waals surface area contributed by atoms with E-state index in [0.29, 0.717) is 16.7 Å². The normalized spacial score (nSPS) is 13.4. The van der Waals surface area contributed by atoms with Gasteiger partial charge in [0.2, 0.25) is 0 Å². The van der Waals surface area contributed by atoms with Crippen LogP contribution in [0.4, 0.5) is 0 Å². The molecule has 0 fully saturated rings. The number of esters is 1. The molecule has 0 saturated heterocycles. The summed E-state index contributed by atoms with van der Waals surface area (Å²) < 4.78 is 10.4. The van der Waals surface area contributed by atoms with Crippen LogP contribution in [-0.4, -0.2) is 11.0 Å². The maximum Gasteiger partial charge on any atom is 0.346 e. The molecule has 0 aliphatic heterocycles. The zero-order valence-corrected chi connectivity index (χ0v) is 17.4. The molecule has 0 amide bonds. The quantitative estimate of drug-likeness (QED) is 0.203. The molecule has 1 aromatic heterocycles. The van der Waals surface area contributed by atoms with Crippen LogP contribution >= 0.6 is 11.8 Å². The van der Waals surface area contributed by atoms with E-state index in [1.54, 1.807) is 18.2 Å². The first kappa shape index (κ1) is 20.2. The fourth-order valence-electron chi connectivity index (χ4n) is 3.58. The van der Waals surface area contributed by atoms with Crippen molar-refractivity contribution in [3.63, 3.8) is 0 Å². The van der Waals surface area contributed by atoms with Gasteiger partial charge in [0, 0.05) is 18.4 Å². The van der Waals surface area contributed by atoms with Crippen LogP contribution in [0.3, 0.4) is 0 Å². The fraction of sp³-hybridized carbons (Fsp3) is 0.208. The molecule has 0 bridgehead atoms. The van der Waals surface area contributed by atoms with E-state index in [4.69, 9.17) is 14.6 Å². The lowest BCUT2D eigenvalue weighted by Gasteiger charge is -2.15. The lowest BCUT2D eigenvalue weighted by atomic mass is 9.90. The van der Waals surface area contributed by atoms with Crippen LogP contribution in [0.5, 0.6) is 5.75 Å². The summed E-state index contributed by atoms with van der Waals surface area (Å²) in [5, 5.41) is 10.9. The SMILES string of the molecule is CC(=O)Oc1ccc2cc(C(=N)S/C=C/c3ccc4c(c3)CCCC4)c(=O)oc2c1. The van der Waals surface area contributed by atoms with Crippen LogP contribution in [0.1, 0.15) is 42.0 Å². The first-order valence-corrected chi connectivity index (χ1v) is 10.7. The van der Waals surface area contributed by atoms with E-state index in [2.05, 4.69) is 18.2 Å². The second kappa shape index (κ2) is 8.71. The third kappa shape index (κ3) is 4.54. The van der Waals surface area contributed by atoms with Gasteiger partial charge in [0.15, 0.2) is 0 Å². The van der Waals surface area contributed by atoms with E-state index in [-0.39, 0.29) is 10.6 Å². The summed E-state index contributed by atoms with van der Waals surface area (Å²) in [6.07, 6.45) is 6.73. The Hall–Kier alpha value is -3.12. The summed E-state index contributed by atoms with van der Waals surface area (Å²) in [6, 6.07) is 12.9. The molecule has 3 aromatic rings. The molecule has 0 radical (unpaired) electrons. The van der Waals surface area contributed by atoms with Gasteiger partial charge in [-0.1, -0.05) is 30.0 Å². The molecule has 1 aliphatic rings. The molecule has 0 saturated carbocycles. The maximum absolute atomic E-state index is 12.3. The molecular weight excluding hydrogens is 398 g/mol. The second-order valence-corrected chi connectivity index (χ2v) is 8.14. The minimum Gasteiger partial charge on any atom is -0.427 e. The number of rotatable bonds is 4. The Morgan fingerprint density at radius 2 is 1.90 bits per heavy atom. The molecule has 0 atom stereocenters. The van der Waals surface area contributed by atoms with Crippen LogP contribution in [0.15, 0.2) is 57.1 Å². The average molecular weight is 420 g/mol. The van der Waals surface area contributed by atoms with Crippen molar-refractivity contribution >= 4 is 39.8 Å². The van der Waals surface area contributed by atoms with Gasteiger partial charge in [0.25, 0.3) is 0 Å². The van der Waals surface area contributed by atoms with Gasteiger partial charge in [0.1, 0.15) is 16.4 Å². The monoisotopic (exact) mass is 419 g/mol. The number of nitrogens with one attached hydrogen (secondary N) is 1. The summed E-state index contributed by atoms with van der Waals surface area (Å²) in [7, 11) is 0. The van der Waals surface area contributed by atoms with Gasteiger partial charge in [-0.2, -0.15) is 0 Å². The number of ether oxygens (including phenoxy) is 1. The highest BCUT2D eigenvalue weighted by Gasteiger charge is 2.12. The average Bonchev–Trinajstić information content (AvgIpc) is 2.72.